The van der Waals surface area contributed by atoms with Crippen molar-refractivity contribution in [3.63, 3.8) is 0 Å². The molecule has 1 saturated heterocycles. The van der Waals surface area contributed by atoms with Gasteiger partial charge in [-0.3, -0.25) is 9.59 Å². The molecule has 2 N–H and O–H groups in total. The lowest BCUT2D eigenvalue weighted by atomic mass is 9.94. The van der Waals surface area contributed by atoms with Gasteiger partial charge in [0.25, 0.3) is 11.8 Å². The third-order valence-corrected chi connectivity index (χ3v) is 7.42. The molecule has 6 nitrogen and oxygen atoms in total. The molecule has 2 aromatic carbocycles. The second-order valence-electron chi connectivity index (χ2n) is 9.75. The molecule has 0 bridgehead atoms. The SMILES string of the molecule is CC(C)(CO)NC(=O)c1csc(C2CCN(C(=O)c3ccccc3-c3ccc(C(F)(F)F)cc3)CC2)n1. The van der Waals surface area contributed by atoms with Crippen molar-refractivity contribution in [3.8, 4) is 11.1 Å². The van der Waals surface area contributed by atoms with Crippen molar-refractivity contribution in [3.05, 3.63) is 75.7 Å². The summed E-state index contributed by atoms with van der Waals surface area (Å²) in [5.41, 5.74) is 0.408. The van der Waals surface area contributed by atoms with Gasteiger partial charge in [-0.15, -0.1) is 11.3 Å². The standard InChI is InChI=1S/C27H28F3N3O3S/c1-26(2,16-34)32-23(35)22-15-37-24(31-22)18-11-13-33(14-12-18)25(36)21-6-4-3-5-20(21)17-7-9-19(10-8-17)27(28,29)30/h3-10,15,18,34H,11-14,16H2,1-2H3,(H,32,35). The van der Waals surface area contributed by atoms with Gasteiger partial charge in [0, 0.05) is 30.0 Å². The van der Waals surface area contributed by atoms with E-state index in [-0.39, 0.29) is 24.3 Å². The Kier molecular flexibility index (Phi) is 7.70. The summed E-state index contributed by atoms with van der Waals surface area (Å²) < 4.78 is 38.9. The van der Waals surface area contributed by atoms with Gasteiger partial charge in [-0.25, -0.2) is 4.98 Å². The molecule has 2 heterocycles. The predicted molar refractivity (Wildman–Crippen MR) is 136 cm³/mol. The molecule has 10 heteroatoms. The van der Waals surface area contributed by atoms with Crippen molar-refractivity contribution in [1.82, 2.24) is 15.2 Å². The van der Waals surface area contributed by atoms with E-state index in [1.807, 2.05) is 0 Å². The third-order valence-electron chi connectivity index (χ3n) is 6.41. The molecule has 196 valence electrons. The molecule has 1 aromatic heterocycles. The van der Waals surface area contributed by atoms with E-state index in [1.54, 1.807) is 48.4 Å². The van der Waals surface area contributed by atoms with Crippen molar-refractivity contribution in [2.24, 2.45) is 0 Å². The van der Waals surface area contributed by atoms with Crippen LogP contribution in [0.5, 0.6) is 0 Å². The maximum absolute atomic E-state index is 13.4. The van der Waals surface area contributed by atoms with Crippen LogP contribution < -0.4 is 5.32 Å². The van der Waals surface area contributed by atoms with E-state index in [1.165, 1.54) is 23.5 Å². The van der Waals surface area contributed by atoms with Crippen LogP contribution in [0.25, 0.3) is 11.1 Å². The number of hydrogen-bond acceptors (Lipinski definition) is 5. The van der Waals surface area contributed by atoms with Crippen LogP contribution in [0.15, 0.2) is 53.9 Å². The number of piperidine rings is 1. The third kappa shape index (κ3) is 6.19. The second kappa shape index (κ2) is 10.6. The number of likely N-dealkylation sites (tertiary alicyclic amines) is 1. The molecule has 0 saturated carbocycles. The number of amides is 2. The number of nitrogens with one attached hydrogen (secondary N) is 1. The Labute approximate surface area is 217 Å². The fourth-order valence-corrected chi connectivity index (χ4v) is 5.22. The average Bonchev–Trinajstić information content (AvgIpc) is 3.38. The number of halogens is 3. The first kappa shape index (κ1) is 26.8. The highest BCUT2D eigenvalue weighted by Crippen LogP contribution is 2.34. The molecule has 4 rings (SSSR count). The van der Waals surface area contributed by atoms with Gasteiger partial charge in [0.1, 0.15) is 5.69 Å². The van der Waals surface area contributed by atoms with Gasteiger partial charge < -0.3 is 15.3 Å². The van der Waals surface area contributed by atoms with Crippen molar-refractivity contribution in [2.45, 2.75) is 44.3 Å². The summed E-state index contributed by atoms with van der Waals surface area (Å²) in [5, 5.41) is 14.7. The number of hydrogen-bond donors (Lipinski definition) is 2. The lowest BCUT2D eigenvalue weighted by molar-refractivity contribution is -0.137. The highest BCUT2D eigenvalue weighted by Gasteiger charge is 2.31. The van der Waals surface area contributed by atoms with Gasteiger partial charge in [0.2, 0.25) is 0 Å². The number of thiazole rings is 1. The Morgan fingerprint density at radius 2 is 1.73 bits per heavy atom. The molecule has 1 aliphatic heterocycles. The number of aliphatic hydroxyl groups is 1. The van der Waals surface area contributed by atoms with Crippen molar-refractivity contribution in [2.75, 3.05) is 19.7 Å². The molecule has 3 aromatic rings. The molecule has 0 unspecified atom stereocenters. The summed E-state index contributed by atoms with van der Waals surface area (Å²) in [6.45, 7) is 4.26. The largest absolute Gasteiger partial charge is 0.416 e. The van der Waals surface area contributed by atoms with E-state index in [2.05, 4.69) is 10.3 Å². The number of carbonyl (C=O) groups excluding carboxylic acids is 2. The maximum atomic E-state index is 13.4. The first-order chi connectivity index (χ1) is 17.5. The van der Waals surface area contributed by atoms with Gasteiger partial charge in [-0.1, -0.05) is 30.3 Å². The summed E-state index contributed by atoms with van der Waals surface area (Å²) in [5.74, 6) is -0.389. The van der Waals surface area contributed by atoms with Crippen molar-refractivity contribution >= 4 is 23.2 Å². The molecule has 0 radical (unpaired) electrons. The Hall–Kier alpha value is -3.24. The van der Waals surface area contributed by atoms with E-state index in [9.17, 15) is 27.9 Å². The minimum atomic E-state index is -4.42. The van der Waals surface area contributed by atoms with Crippen LogP contribution in [-0.2, 0) is 6.18 Å². The Balaban J connectivity index is 1.42. The summed E-state index contributed by atoms with van der Waals surface area (Å²) in [6.07, 6.45) is -3.05. The number of rotatable bonds is 6. The average molecular weight is 532 g/mol. The summed E-state index contributed by atoms with van der Waals surface area (Å²) in [6, 6.07) is 11.8. The molecule has 0 spiro atoms. The Morgan fingerprint density at radius 1 is 1.08 bits per heavy atom. The van der Waals surface area contributed by atoms with Crippen LogP contribution >= 0.6 is 11.3 Å². The Bertz CT molecular complexity index is 1260. The Morgan fingerprint density at radius 3 is 2.35 bits per heavy atom. The highest BCUT2D eigenvalue weighted by molar-refractivity contribution is 7.09. The fraction of sp³-hybridized carbons (Fsp3) is 0.370. The topological polar surface area (TPSA) is 82.5 Å². The number of benzene rings is 2. The highest BCUT2D eigenvalue weighted by atomic mass is 32.1. The van der Waals surface area contributed by atoms with E-state index < -0.39 is 17.3 Å². The van der Waals surface area contributed by atoms with Gasteiger partial charge in [0.15, 0.2) is 0 Å². The van der Waals surface area contributed by atoms with Crippen LogP contribution in [-0.4, -0.2) is 52.0 Å². The first-order valence-electron chi connectivity index (χ1n) is 11.9. The van der Waals surface area contributed by atoms with Gasteiger partial charge in [0.05, 0.1) is 22.7 Å². The van der Waals surface area contributed by atoms with E-state index in [0.29, 0.717) is 48.3 Å². The van der Waals surface area contributed by atoms with Crippen LogP contribution in [0.2, 0.25) is 0 Å². The fourth-order valence-electron chi connectivity index (χ4n) is 4.25. The number of carbonyl (C=O) groups is 2. The van der Waals surface area contributed by atoms with Gasteiger partial charge in [-0.05, 0) is 56.0 Å². The molecule has 37 heavy (non-hydrogen) atoms. The summed E-state index contributed by atoms with van der Waals surface area (Å²) >= 11 is 1.41. The summed E-state index contributed by atoms with van der Waals surface area (Å²) in [4.78, 5) is 32.1. The molecule has 2 amide bonds. The van der Waals surface area contributed by atoms with Crippen LogP contribution in [0, 0.1) is 0 Å². The smallest absolute Gasteiger partial charge is 0.394 e. The zero-order valence-corrected chi connectivity index (χ0v) is 21.3. The number of aliphatic hydroxyl groups excluding tert-OH is 1. The molecule has 0 aliphatic carbocycles. The second-order valence-corrected chi connectivity index (χ2v) is 10.6. The van der Waals surface area contributed by atoms with Gasteiger partial charge in [-0.2, -0.15) is 13.2 Å². The maximum Gasteiger partial charge on any atom is 0.416 e. The molecule has 0 atom stereocenters. The van der Waals surface area contributed by atoms with Crippen LogP contribution in [0.1, 0.15) is 64.0 Å². The van der Waals surface area contributed by atoms with Crippen LogP contribution in [0.3, 0.4) is 0 Å². The van der Waals surface area contributed by atoms with E-state index >= 15 is 0 Å². The normalized spacial score (nSPS) is 15.0. The molecule has 1 aliphatic rings. The van der Waals surface area contributed by atoms with Crippen molar-refractivity contribution < 1.29 is 27.9 Å². The zero-order chi connectivity index (χ0) is 26.8. The zero-order valence-electron chi connectivity index (χ0n) is 20.5. The van der Waals surface area contributed by atoms with E-state index in [0.717, 1.165) is 17.1 Å². The quantitative estimate of drug-likeness (QED) is 0.449. The lowest BCUT2D eigenvalue weighted by Gasteiger charge is -2.31. The number of nitrogens with zero attached hydrogens (tertiary/aromatic N) is 2. The monoisotopic (exact) mass is 531 g/mol. The van der Waals surface area contributed by atoms with Crippen LogP contribution in [0.4, 0.5) is 13.2 Å². The predicted octanol–water partition coefficient (Wildman–Crippen LogP) is 5.35. The van der Waals surface area contributed by atoms with Crippen molar-refractivity contribution in [1.29, 1.82) is 0 Å². The first-order valence-corrected chi connectivity index (χ1v) is 12.8. The number of aromatic nitrogens is 1. The lowest BCUT2D eigenvalue weighted by Crippen LogP contribution is -2.46. The van der Waals surface area contributed by atoms with E-state index in [4.69, 9.17) is 0 Å². The molecular weight excluding hydrogens is 503 g/mol. The molecular formula is C27H28F3N3O3S. The minimum absolute atomic E-state index is 0.117. The van der Waals surface area contributed by atoms with Gasteiger partial charge >= 0.3 is 6.18 Å². The minimum Gasteiger partial charge on any atom is -0.394 e. The summed E-state index contributed by atoms with van der Waals surface area (Å²) in [7, 11) is 0. The number of alkyl halides is 3. The molecule has 1 fully saturated rings.